The number of fused-ring (bicyclic) bond motifs is 3. The second-order valence-electron chi connectivity index (χ2n) is 7.46. The predicted molar refractivity (Wildman–Crippen MR) is 110 cm³/mol. The maximum absolute atomic E-state index is 13.1. The van der Waals surface area contributed by atoms with Crippen molar-refractivity contribution >= 4 is 22.6 Å². The van der Waals surface area contributed by atoms with Crippen molar-refractivity contribution in [1.82, 2.24) is 24.5 Å². The summed E-state index contributed by atoms with van der Waals surface area (Å²) in [5.41, 5.74) is 3.53. The molecule has 0 saturated heterocycles. The Kier molecular flexibility index (Phi) is 4.35. The molecule has 0 atom stereocenters. The predicted octanol–water partition coefficient (Wildman–Crippen LogP) is 2.28. The molecule has 0 bridgehead atoms. The first-order valence-corrected chi connectivity index (χ1v) is 9.88. The number of hydrogen-bond donors (Lipinski definition) is 1. The van der Waals surface area contributed by atoms with Crippen molar-refractivity contribution in [1.29, 1.82) is 0 Å². The van der Waals surface area contributed by atoms with Crippen LogP contribution in [0.25, 0.3) is 16.7 Å². The molecule has 0 radical (unpaired) electrons. The normalized spacial score (nSPS) is 13.8. The Morgan fingerprint density at radius 1 is 1.10 bits per heavy atom. The van der Waals surface area contributed by atoms with Gasteiger partial charge in [0, 0.05) is 18.7 Å². The van der Waals surface area contributed by atoms with Gasteiger partial charge < -0.3 is 5.32 Å². The summed E-state index contributed by atoms with van der Waals surface area (Å²) in [4.78, 5) is 30.1. The summed E-state index contributed by atoms with van der Waals surface area (Å²) in [5, 5.41) is 7.52. The van der Waals surface area contributed by atoms with E-state index >= 15 is 0 Å². The zero-order valence-corrected chi connectivity index (χ0v) is 15.9. The number of benzene rings is 1. The topological polar surface area (TPSA) is 81.3 Å². The maximum Gasteiger partial charge on any atom is 0.277 e. The Bertz CT molecular complexity index is 1250. The summed E-state index contributed by atoms with van der Waals surface area (Å²) >= 11 is 0. The number of pyridine rings is 1. The van der Waals surface area contributed by atoms with Crippen molar-refractivity contribution < 1.29 is 4.79 Å². The third-order valence-corrected chi connectivity index (χ3v) is 5.33. The van der Waals surface area contributed by atoms with Crippen LogP contribution in [0.15, 0.2) is 59.5 Å². The molecule has 3 aromatic heterocycles. The van der Waals surface area contributed by atoms with Crippen molar-refractivity contribution in [3.63, 3.8) is 0 Å². The van der Waals surface area contributed by atoms with Crippen molar-refractivity contribution in [3.05, 3.63) is 76.3 Å². The fourth-order valence-corrected chi connectivity index (χ4v) is 3.65. The van der Waals surface area contributed by atoms with E-state index in [1.54, 1.807) is 22.8 Å². The summed E-state index contributed by atoms with van der Waals surface area (Å²) in [6, 6.07) is 15.4. The molecule has 5 rings (SSSR count). The molecule has 1 N–H and O–H groups in total. The number of carbonyl (C=O) groups is 1. The number of nitrogens with one attached hydrogen (secondary N) is 1. The van der Waals surface area contributed by atoms with Crippen LogP contribution < -0.4 is 10.9 Å². The smallest absolute Gasteiger partial charge is 0.277 e. The first-order chi connectivity index (χ1) is 14.2. The molecule has 0 unspecified atom stereocenters. The van der Waals surface area contributed by atoms with E-state index in [9.17, 15) is 9.59 Å². The second-order valence-corrected chi connectivity index (χ2v) is 7.46. The van der Waals surface area contributed by atoms with Crippen LogP contribution in [0.5, 0.6) is 0 Å². The number of nitrogens with zero attached hydrogens (tertiary/aromatic N) is 4. The van der Waals surface area contributed by atoms with Crippen LogP contribution >= 0.6 is 0 Å². The quantitative estimate of drug-likeness (QED) is 0.550. The zero-order valence-electron chi connectivity index (χ0n) is 15.9. The molecular formula is C22H21N5O2. The molecule has 1 aromatic carbocycles. The number of carbonyl (C=O) groups excluding carboxylic acids is 1. The van der Waals surface area contributed by atoms with Gasteiger partial charge in [-0.3, -0.25) is 14.2 Å². The van der Waals surface area contributed by atoms with E-state index in [-0.39, 0.29) is 18.0 Å². The number of rotatable bonds is 6. The second kappa shape index (κ2) is 7.16. The summed E-state index contributed by atoms with van der Waals surface area (Å²) in [6.45, 7) is 0.477. The minimum absolute atomic E-state index is 0.0454. The third-order valence-electron chi connectivity index (χ3n) is 5.33. The van der Waals surface area contributed by atoms with Gasteiger partial charge in [0.15, 0.2) is 5.65 Å². The van der Waals surface area contributed by atoms with Crippen LogP contribution in [0, 0.1) is 0 Å². The summed E-state index contributed by atoms with van der Waals surface area (Å²) in [6.07, 6.45) is 4.63. The Balaban J connectivity index is 1.43. The van der Waals surface area contributed by atoms with Crippen LogP contribution in [-0.4, -0.2) is 31.6 Å². The van der Waals surface area contributed by atoms with Crippen molar-refractivity contribution in [2.24, 2.45) is 0 Å². The molecule has 7 heteroatoms. The summed E-state index contributed by atoms with van der Waals surface area (Å²) in [7, 11) is 0. The maximum atomic E-state index is 13.1. The minimum Gasteiger partial charge on any atom is -0.354 e. The molecule has 1 aliphatic carbocycles. The molecule has 1 saturated carbocycles. The molecule has 1 aliphatic rings. The number of aromatic nitrogens is 4. The standard InChI is InChI=1S/C22H21N5O2/c28-20(23-12-10-15-5-2-1-3-6-15)14-26-18-7-4-11-24-21(18)27-19(22(26)29)13-17(25-27)16-8-9-16/h1-7,11,13,16H,8-10,12,14H2,(H,23,28). The van der Waals surface area contributed by atoms with Gasteiger partial charge in [-0.2, -0.15) is 5.10 Å². The molecule has 146 valence electrons. The van der Waals surface area contributed by atoms with Gasteiger partial charge in [0.1, 0.15) is 12.1 Å². The monoisotopic (exact) mass is 387 g/mol. The van der Waals surface area contributed by atoms with Gasteiger partial charge in [-0.1, -0.05) is 30.3 Å². The highest BCUT2D eigenvalue weighted by atomic mass is 16.2. The fraction of sp³-hybridized carbons (Fsp3) is 0.273. The zero-order chi connectivity index (χ0) is 19.8. The van der Waals surface area contributed by atoms with Gasteiger partial charge in [0.2, 0.25) is 5.91 Å². The van der Waals surface area contributed by atoms with Gasteiger partial charge in [-0.05, 0) is 43.0 Å². The van der Waals surface area contributed by atoms with Gasteiger partial charge in [-0.15, -0.1) is 0 Å². The number of hydrogen-bond acceptors (Lipinski definition) is 4. The van der Waals surface area contributed by atoms with E-state index < -0.39 is 0 Å². The fourth-order valence-electron chi connectivity index (χ4n) is 3.65. The minimum atomic E-state index is -0.219. The molecule has 1 fully saturated rings. The van der Waals surface area contributed by atoms with Crippen molar-refractivity contribution in [2.45, 2.75) is 31.7 Å². The molecule has 3 heterocycles. The lowest BCUT2D eigenvalue weighted by atomic mass is 10.1. The molecule has 7 nitrogen and oxygen atoms in total. The Hall–Kier alpha value is -3.48. The van der Waals surface area contributed by atoms with Crippen molar-refractivity contribution in [2.75, 3.05) is 6.54 Å². The lowest BCUT2D eigenvalue weighted by Gasteiger charge is -2.11. The molecule has 1 amide bonds. The van der Waals surface area contributed by atoms with Gasteiger partial charge >= 0.3 is 0 Å². The number of amides is 1. The molecule has 0 spiro atoms. The van der Waals surface area contributed by atoms with Gasteiger partial charge in [-0.25, -0.2) is 9.50 Å². The Morgan fingerprint density at radius 3 is 2.72 bits per heavy atom. The SMILES string of the molecule is O=C(Cn1c(=O)c2cc(C3CC3)nn2c2ncccc21)NCCc1ccccc1. The van der Waals surface area contributed by atoms with Crippen LogP contribution in [0.2, 0.25) is 0 Å². The Morgan fingerprint density at radius 2 is 1.93 bits per heavy atom. The van der Waals surface area contributed by atoms with Crippen LogP contribution in [0.1, 0.15) is 30.0 Å². The highest BCUT2D eigenvalue weighted by Crippen LogP contribution is 2.39. The van der Waals surface area contributed by atoms with E-state index in [0.717, 1.165) is 30.5 Å². The van der Waals surface area contributed by atoms with E-state index in [4.69, 9.17) is 0 Å². The van der Waals surface area contributed by atoms with E-state index in [1.165, 1.54) is 4.57 Å². The van der Waals surface area contributed by atoms with E-state index in [0.29, 0.717) is 29.1 Å². The summed E-state index contributed by atoms with van der Waals surface area (Å²) in [5.74, 6) is 0.238. The first kappa shape index (κ1) is 17.6. The lowest BCUT2D eigenvalue weighted by Crippen LogP contribution is -2.34. The van der Waals surface area contributed by atoms with E-state index in [1.807, 2.05) is 36.4 Å². The molecule has 29 heavy (non-hydrogen) atoms. The van der Waals surface area contributed by atoms with Crippen LogP contribution in [0.4, 0.5) is 0 Å². The van der Waals surface area contributed by atoms with Crippen LogP contribution in [-0.2, 0) is 17.8 Å². The Labute approximate surface area is 167 Å². The largest absolute Gasteiger partial charge is 0.354 e. The van der Waals surface area contributed by atoms with Crippen molar-refractivity contribution in [3.8, 4) is 0 Å². The average molecular weight is 387 g/mol. The summed E-state index contributed by atoms with van der Waals surface area (Å²) < 4.78 is 3.11. The molecule has 4 aromatic rings. The average Bonchev–Trinajstić information content (AvgIpc) is 3.50. The molecule has 0 aliphatic heterocycles. The first-order valence-electron chi connectivity index (χ1n) is 9.88. The highest BCUT2D eigenvalue weighted by molar-refractivity contribution is 5.80. The third kappa shape index (κ3) is 3.40. The highest BCUT2D eigenvalue weighted by Gasteiger charge is 2.27. The van der Waals surface area contributed by atoms with Gasteiger partial charge in [0.25, 0.3) is 5.56 Å². The van der Waals surface area contributed by atoms with Crippen LogP contribution in [0.3, 0.4) is 0 Å². The lowest BCUT2D eigenvalue weighted by molar-refractivity contribution is -0.121. The van der Waals surface area contributed by atoms with Gasteiger partial charge in [0.05, 0.1) is 11.2 Å². The van der Waals surface area contributed by atoms with E-state index in [2.05, 4.69) is 15.4 Å². The molecular weight excluding hydrogens is 366 g/mol.